The average Bonchev–Trinajstić information content (AvgIpc) is 2.55. The third-order valence-electron chi connectivity index (χ3n) is 2.85. The van der Waals surface area contributed by atoms with E-state index in [1.807, 2.05) is 19.1 Å². The molecule has 0 fully saturated rings. The second-order valence-electron chi connectivity index (χ2n) is 4.45. The molecule has 0 spiro atoms. The van der Waals surface area contributed by atoms with E-state index in [9.17, 15) is 9.59 Å². The third kappa shape index (κ3) is 4.34. The zero-order chi connectivity index (χ0) is 15.8. The fourth-order valence-electron chi connectivity index (χ4n) is 1.83. The maximum atomic E-state index is 11.9. The van der Waals surface area contributed by atoms with Crippen molar-refractivity contribution in [2.75, 3.05) is 18.5 Å². The lowest BCUT2D eigenvalue weighted by Crippen LogP contribution is -2.20. The smallest absolute Gasteiger partial charge is 0.262 e. The van der Waals surface area contributed by atoms with Gasteiger partial charge in [0.2, 0.25) is 0 Å². The zero-order valence-electron chi connectivity index (χ0n) is 12.2. The van der Waals surface area contributed by atoms with Crippen LogP contribution in [0.4, 0.5) is 5.69 Å². The van der Waals surface area contributed by atoms with E-state index in [1.54, 1.807) is 36.4 Å². The van der Waals surface area contributed by atoms with Crippen LogP contribution in [0.1, 0.15) is 17.3 Å². The summed E-state index contributed by atoms with van der Waals surface area (Å²) in [6, 6.07) is 13.8. The SMILES string of the molecule is CCOc1ccccc1NC(=O)COc1ccc(C=O)cc1. The highest BCUT2D eigenvalue weighted by Crippen LogP contribution is 2.23. The third-order valence-corrected chi connectivity index (χ3v) is 2.85. The Bertz CT molecular complexity index is 637. The van der Waals surface area contributed by atoms with Crippen LogP contribution < -0.4 is 14.8 Å². The normalized spacial score (nSPS) is 9.86. The number of hydrogen-bond acceptors (Lipinski definition) is 4. The standard InChI is InChI=1S/C17H17NO4/c1-2-21-16-6-4-3-5-15(16)18-17(20)12-22-14-9-7-13(11-19)8-10-14/h3-11H,2,12H2,1H3,(H,18,20). The number of para-hydroxylation sites is 2. The van der Waals surface area contributed by atoms with Gasteiger partial charge in [-0.3, -0.25) is 9.59 Å². The Morgan fingerprint density at radius 2 is 1.82 bits per heavy atom. The molecule has 5 heteroatoms. The first-order valence-corrected chi connectivity index (χ1v) is 6.92. The summed E-state index contributed by atoms with van der Waals surface area (Å²) in [6.07, 6.45) is 0.751. The van der Waals surface area contributed by atoms with Gasteiger partial charge < -0.3 is 14.8 Å². The topological polar surface area (TPSA) is 64.6 Å². The number of ether oxygens (including phenoxy) is 2. The molecule has 2 rings (SSSR count). The van der Waals surface area contributed by atoms with Crippen molar-refractivity contribution in [2.24, 2.45) is 0 Å². The van der Waals surface area contributed by atoms with Crippen LogP contribution >= 0.6 is 0 Å². The van der Waals surface area contributed by atoms with E-state index >= 15 is 0 Å². The number of benzene rings is 2. The molecule has 0 aromatic heterocycles. The summed E-state index contributed by atoms with van der Waals surface area (Å²) in [6.45, 7) is 2.28. The predicted molar refractivity (Wildman–Crippen MR) is 83.6 cm³/mol. The molecule has 114 valence electrons. The van der Waals surface area contributed by atoms with Crippen molar-refractivity contribution in [2.45, 2.75) is 6.92 Å². The number of anilines is 1. The summed E-state index contributed by atoms with van der Waals surface area (Å²) in [4.78, 5) is 22.5. The Morgan fingerprint density at radius 3 is 2.50 bits per heavy atom. The number of nitrogens with one attached hydrogen (secondary N) is 1. The Labute approximate surface area is 128 Å². The van der Waals surface area contributed by atoms with Crippen LogP contribution in [0.25, 0.3) is 0 Å². The quantitative estimate of drug-likeness (QED) is 0.798. The molecular weight excluding hydrogens is 282 g/mol. The fraction of sp³-hybridized carbons (Fsp3) is 0.176. The van der Waals surface area contributed by atoms with Gasteiger partial charge >= 0.3 is 0 Å². The number of carbonyl (C=O) groups is 2. The van der Waals surface area contributed by atoms with Crippen LogP contribution in [0, 0.1) is 0 Å². The van der Waals surface area contributed by atoms with Crippen LogP contribution in [0.3, 0.4) is 0 Å². The van der Waals surface area contributed by atoms with Gasteiger partial charge in [-0.2, -0.15) is 0 Å². The van der Waals surface area contributed by atoms with Gasteiger partial charge in [0.05, 0.1) is 12.3 Å². The second kappa shape index (κ2) is 7.83. The minimum atomic E-state index is -0.286. The van der Waals surface area contributed by atoms with Gasteiger partial charge in [-0.25, -0.2) is 0 Å². The molecular formula is C17H17NO4. The molecule has 0 aliphatic carbocycles. The number of aldehydes is 1. The molecule has 2 aromatic rings. The molecule has 0 saturated carbocycles. The molecule has 0 saturated heterocycles. The second-order valence-corrected chi connectivity index (χ2v) is 4.45. The van der Waals surface area contributed by atoms with E-state index in [0.29, 0.717) is 29.4 Å². The summed E-state index contributed by atoms with van der Waals surface area (Å²) in [7, 11) is 0. The Kier molecular flexibility index (Phi) is 5.54. The van der Waals surface area contributed by atoms with Crippen LogP contribution in [-0.2, 0) is 4.79 Å². The van der Waals surface area contributed by atoms with Gasteiger partial charge in [0.25, 0.3) is 5.91 Å². The Hall–Kier alpha value is -2.82. The van der Waals surface area contributed by atoms with Gasteiger partial charge in [-0.1, -0.05) is 12.1 Å². The number of carbonyl (C=O) groups excluding carboxylic acids is 2. The summed E-state index contributed by atoms with van der Waals surface area (Å²) in [5.74, 6) is 0.860. The van der Waals surface area contributed by atoms with Crippen LogP contribution in [0.5, 0.6) is 11.5 Å². The van der Waals surface area contributed by atoms with Crippen molar-refractivity contribution < 1.29 is 19.1 Å². The van der Waals surface area contributed by atoms with E-state index in [1.165, 1.54) is 0 Å². The summed E-state index contributed by atoms with van der Waals surface area (Å²) < 4.78 is 10.8. The van der Waals surface area contributed by atoms with Crippen LogP contribution in [0.2, 0.25) is 0 Å². The average molecular weight is 299 g/mol. The summed E-state index contributed by atoms with van der Waals surface area (Å²) in [5, 5.41) is 2.74. The molecule has 2 aromatic carbocycles. The maximum Gasteiger partial charge on any atom is 0.262 e. The zero-order valence-corrected chi connectivity index (χ0v) is 12.2. The molecule has 0 radical (unpaired) electrons. The highest BCUT2D eigenvalue weighted by Gasteiger charge is 2.08. The first kappa shape index (κ1) is 15.6. The van der Waals surface area contributed by atoms with Crippen LogP contribution in [0.15, 0.2) is 48.5 Å². The predicted octanol–water partition coefficient (Wildman–Crippen LogP) is 2.92. The molecule has 0 atom stereocenters. The highest BCUT2D eigenvalue weighted by molar-refractivity contribution is 5.93. The minimum Gasteiger partial charge on any atom is -0.492 e. The van der Waals surface area contributed by atoms with Crippen molar-refractivity contribution in [1.29, 1.82) is 0 Å². The number of amides is 1. The molecule has 0 bridgehead atoms. The van der Waals surface area contributed by atoms with E-state index in [2.05, 4.69) is 5.32 Å². The fourth-order valence-corrected chi connectivity index (χ4v) is 1.83. The van der Waals surface area contributed by atoms with E-state index in [-0.39, 0.29) is 12.5 Å². The van der Waals surface area contributed by atoms with Gasteiger partial charge in [0, 0.05) is 5.56 Å². The van der Waals surface area contributed by atoms with Gasteiger partial charge in [-0.05, 0) is 43.3 Å². The van der Waals surface area contributed by atoms with Crippen molar-refractivity contribution in [3.63, 3.8) is 0 Å². The Morgan fingerprint density at radius 1 is 1.09 bits per heavy atom. The monoisotopic (exact) mass is 299 g/mol. The molecule has 0 aliphatic heterocycles. The van der Waals surface area contributed by atoms with E-state index in [4.69, 9.17) is 9.47 Å². The maximum absolute atomic E-state index is 11.9. The molecule has 0 aliphatic rings. The molecule has 0 heterocycles. The first-order chi connectivity index (χ1) is 10.7. The van der Waals surface area contributed by atoms with E-state index < -0.39 is 0 Å². The van der Waals surface area contributed by atoms with Crippen molar-refractivity contribution in [1.82, 2.24) is 0 Å². The largest absolute Gasteiger partial charge is 0.492 e. The van der Waals surface area contributed by atoms with E-state index in [0.717, 1.165) is 6.29 Å². The lowest BCUT2D eigenvalue weighted by molar-refractivity contribution is -0.118. The van der Waals surface area contributed by atoms with Crippen molar-refractivity contribution in [3.05, 3.63) is 54.1 Å². The van der Waals surface area contributed by atoms with Gasteiger partial charge in [0.15, 0.2) is 6.61 Å². The summed E-state index contributed by atoms with van der Waals surface area (Å²) >= 11 is 0. The van der Waals surface area contributed by atoms with Crippen molar-refractivity contribution >= 4 is 17.9 Å². The lowest BCUT2D eigenvalue weighted by atomic mass is 10.2. The molecule has 22 heavy (non-hydrogen) atoms. The number of rotatable bonds is 7. The first-order valence-electron chi connectivity index (χ1n) is 6.92. The summed E-state index contributed by atoms with van der Waals surface area (Å²) in [5.41, 5.74) is 1.16. The highest BCUT2D eigenvalue weighted by atomic mass is 16.5. The number of hydrogen-bond donors (Lipinski definition) is 1. The van der Waals surface area contributed by atoms with Crippen molar-refractivity contribution in [3.8, 4) is 11.5 Å². The lowest BCUT2D eigenvalue weighted by Gasteiger charge is -2.11. The molecule has 5 nitrogen and oxygen atoms in total. The van der Waals surface area contributed by atoms with Gasteiger partial charge in [-0.15, -0.1) is 0 Å². The minimum absolute atomic E-state index is 0.124. The molecule has 0 unspecified atom stereocenters. The Balaban J connectivity index is 1.91. The molecule has 1 amide bonds. The molecule has 1 N–H and O–H groups in total. The van der Waals surface area contributed by atoms with Crippen LogP contribution in [-0.4, -0.2) is 25.4 Å². The van der Waals surface area contributed by atoms with Gasteiger partial charge in [0.1, 0.15) is 17.8 Å².